The molecular weight excluding hydrogens is 360 g/mol. The molecule has 8 nitrogen and oxygen atoms in total. The van der Waals surface area contributed by atoms with Crippen LogP contribution in [0.3, 0.4) is 0 Å². The molecule has 0 heterocycles. The highest BCUT2D eigenvalue weighted by atomic mass is 32.2. The van der Waals surface area contributed by atoms with Crippen molar-refractivity contribution in [3.8, 4) is 0 Å². The van der Waals surface area contributed by atoms with E-state index in [1.807, 2.05) is 6.92 Å². The van der Waals surface area contributed by atoms with Gasteiger partial charge in [-0.3, -0.25) is 9.11 Å². The first-order valence-corrected chi connectivity index (χ1v) is 10.8. The molecule has 24 heavy (non-hydrogen) atoms. The van der Waals surface area contributed by atoms with Crippen LogP contribution in [0.1, 0.15) is 26.2 Å². The normalized spacial score (nSPS) is 14.6. The molecule has 1 unspecified atom stereocenters. The minimum Gasteiger partial charge on any atom is -0.375 e. The maximum atomic E-state index is 10.5. The van der Waals surface area contributed by atoms with Gasteiger partial charge in [-0.15, -0.1) is 0 Å². The Morgan fingerprint density at radius 3 is 1.83 bits per heavy atom. The second-order valence-corrected chi connectivity index (χ2v) is 8.14. The van der Waals surface area contributed by atoms with Gasteiger partial charge >= 0.3 is 0 Å². The number of allylic oxidation sites excluding steroid dienone is 2. The smallest absolute Gasteiger partial charge is 0.265 e. The van der Waals surface area contributed by atoms with Gasteiger partial charge in [-0.2, -0.15) is 16.8 Å². The highest BCUT2D eigenvalue weighted by molar-refractivity contribution is 7.86. The third-order valence-electron chi connectivity index (χ3n) is 2.82. The molecule has 0 aromatic heterocycles. The standard InChI is InChI=1S/C14H26O8S2/c1-2-14(22-10-6-4-8-12-24(18,19)20)13-21-9-5-3-7-11-23(15,16)17/h3-6,14H,2,7-13H2,1H3,(H,15,16,17)(H,18,19,20)/b5-3+,6-4+. The topological polar surface area (TPSA) is 127 Å². The van der Waals surface area contributed by atoms with Crippen LogP contribution >= 0.6 is 0 Å². The Labute approximate surface area is 144 Å². The first-order valence-electron chi connectivity index (χ1n) is 7.53. The van der Waals surface area contributed by atoms with Crippen LogP contribution in [-0.2, 0) is 29.7 Å². The summed E-state index contributed by atoms with van der Waals surface area (Å²) in [5.41, 5.74) is 0. The predicted octanol–water partition coefficient (Wildman–Crippen LogP) is 1.47. The lowest BCUT2D eigenvalue weighted by Gasteiger charge is -2.14. The Kier molecular flexibility index (Phi) is 12.2. The summed E-state index contributed by atoms with van der Waals surface area (Å²) in [6.07, 6.45) is 7.69. The molecule has 0 aromatic carbocycles. The highest BCUT2D eigenvalue weighted by Gasteiger charge is 2.05. The molecule has 0 saturated carbocycles. The highest BCUT2D eigenvalue weighted by Crippen LogP contribution is 2.00. The van der Waals surface area contributed by atoms with Crippen LogP contribution in [0.25, 0.3) is 0 Å². The third-order valence-corrected chi connectivity index (χ3v) is 4.32. The van der Waals surface area contributed by atoms with Crippen molar-refractivity contribution >= 4 is 20.2 Å². The maximum absolute atomic E-state index is 10.5. The molecule has 0 spiro atoms. The lowest BCUT2D eigenvalue weighted by atomic mass is 10.3. The van der Waals surface area contributed by atoms with Crippen LogP contribution in [0.4, 0.5) is 0 Å². The molecule has 0 aliphatic rings. The van der Waals surface area contributed by atoms with Crippen LogP contribution in [0.2, 0.25) is 0 Å². The van der Waals surface area contributed by atoms with Crippen molar-refractivity contribution < 1.29 is 35.4 Å². The van der Waals surface area contributed by atoms with Gasteiger partial charge in [-0.1, -0.05) is 31.2 Å². The van der Waals surface area contributed by atoms with Gasteiger partial charge in [0, 0.05) is 0 Å². The zero-order valence-corrected chi connectivity index (χ0v) is 15.3. The summed E-state index contributed by atoms with van der Waals surface area (Å²) in [4.78, 5) is 0. The van der Waals surface area contributed by atoms with Gasteiger partial charge in [0.15, 0.2) is 0 Å². The van der Waals surface area contributed by atoms with Crippen molar-refractivity contribution in [3.05, 3.63) is 24.3 Å². The molecule has 0 saturated heterocycles. The Hall–Kier alpha value is -0.780. The Morgan fingerprint density at radius 2 is 1.38 bits per heavy atom. The van der Waals surface area contributed by atoms with Crippen molar-refractivity contribution in [2.24, 2.45) is 0 Å². The van der Waals surface area contributed by atoms with Gasteiger partial charge in [-0.25, -0.2) is 0 Å². The van der Waals surface area contributed by atoms with Gasteiger partial charge in [0.2, 0.25) is 0 Å². The fourth-order valence-corrected chi connectivity index (χ4v) is 2.42. The molecular formula is C14H26O8S2. The molecule has 10 heteroatoms. The predicted molar refractivity (Wildman–Crippen MR) is 91.2 cm³/mol. The van der Waals surface area contributed by atoms with E-state index in [0.717, 1.165) is 6.42 Å². The number of hydrogen-bond donors (Lipinski definition) is 2. The molecule has 1 atom stereocenters. The number of ether oxygens (including phenoxy) is 2. The maximum Gasteiger partial charge on any atom is 0.265 e. The van der Waals surface area contributed by atoms with Crippen molar-refractivity contribution in [1.29, 1.82) is 0 Å². The van der Waals surface area contributed by atoms with Crippen molar-refractivity contribution in [2.45, 2.75) is 32.3 Å². The lowest BCUT2D eigenvalue weighted by Crippen LogP contribution is -2.19. The second kappa shape index (κ2) is 12.6. The van der Waals surface area contributed by atoms with E-state index >= 15 is 0 Å². The molecule has 0 fully saturated rings. The first-order chi connectivity index (χ1) is 11.1. The monoisotopic (exact) mass is 386 g/mol. The number of rotatable bonds is 14. The molecule has 0 aliphatic heterocycles. The minimum atomic E-state index is -3.93. The summed E-state index contributed by atoms with van der Waals surface area (Å²) in [6, 6.07) is 0. The van der Waals surface area contributed by atoms with Gasteiger partial charge in [0.25, 0.3) is 20.2 Å². The summed E-state index contributed by atoms with van der Waals surface area (Å²) in [6.45, 7) is 2.95. The Morgan fingerprint density at radius 1 is 0.875 bits per heavy atom. The summed E-state index contributed by atoms with van der Waals surface area (Å²) in [5.74, 6) is -0.623. The van der Waals surface area contributed by atoms with Crippen LogP contribution < -0.4 is 0 Å². The van der Waals surface area contributed by atoms with Crippen molar-refractivity contribution in [2.75, 3.05) is 31.3 Å². The van der Waals surface area contributed by atoms with Gasteiger partial charge in [0.05, 0.1) is 37.4 Å². The molecule has 2 N–H and O–H groups in total. The van der Waals surface area contributed by atoms with E-state index in [2.05, 4.69) is 0 Å². The Balaban J connectivity index is 3.76. The molecule has 0 rings (SSSR count). The molecule has 0 radical (unpaired) electrons. The van der Waals surface area contributed by atoms with Gasteiger partial charge < -0.3 is 9.47 Å². The molecule has 0 bridgehead atoms. The van der Waals surface area contributed by atoms with Crippen LogP contribution in [0, 0.1) is 0 Å². The summed E-state index contributed by atoms with van der Waals surface area (Å²) >= 11 is 0. The fourth-order valence-electron chi connectivity index (χ4n) is 1.55. The van der Waals surface area contributed by atoms with Crippen molar-refractivity contribution in [1.82, 2.24) is 0 Å². The largest absolute Gasteiger partial charge is 0.375 e. The fraction of sp³-hybridized carbons (Fsp3) is 0.714. The summed E-state index contributed by atoms with van der Waals surface area (Å²) in [5, 5.41) is 0. The first kappa shape index (κ1) is 23.2. The SMILES string of the molecule is CCC(COC/C=C/CCS(=O)(=O)O)OC/C=C/CCS(=O)(=O)O. The summed E-state index contributed by atoms with van der Waals surface area (Å²) in [7, 11) is -7.85. The lowest BCUT2D eigenvalue weighted by molar-refractivity contribution is 0.000241. The van der Waals surface area contributed by atoms with E-state index in [1.165, 1.54) is 0 Å². The zero-order valence-electron chi connectivity index (χ0n) is 13.7. The van der Waals surface area contributed by atoms with Crippen LogP contribution in [0.15, 0.2) is 24.3 Å². The molecule has 0 amide bonds. The quantitative estimate of drug-likeness (QED) is 0.261. The van der Waals surface area contributed by atoms with Gasteiger partial charge in [-0.05, 0) is 19.3 Å². The molecule has 0 aromatic rings. The van der Waals surface area contributed by atoms with Crippen molar-refractivity contribution in [3.63, 3.8) is 0 Å². The zero-order chi connectivity index (χ0) is 18.5. The van der Waals surface area contributed by atoms with E-state index in [1.54, 1.807) is 24.3 Å². The van der Waals surface area contributed by atoms with Crippen LogP contribution in [-0.4, -0.2) is 63.4 Å². The van der Waals surface area contributed by atoms with E-state index in [0.29, 0.717) is 19.8 Å². The van der Waals surface area contributed by atoms with E-state index in [9.17, 15) is 16.8 Å². The molecule has 142 valence electrons. The number of hydrogen-bond acceptors (Lipinski definition) is 6. The minimum absolute atomic E-state index is 0.109. The third kappa shape index (κ3) is 17.6. The Bertz CT molecular complexity index is 578. The average Bonchev–Trinajstić information content (AvgIpc) is 2.45. The van der Waals surface area contributed by atoms with E-state index in [4.69, 9.17) is 18.6 Å². The van der Waals surface area contributed by atoms with E-state index < -0.39 is 20.2 Å². The van der Waals surface area contributed by atoms with Crippen LogP contribution in [0.5, 0.6) is 0 Å². The van der Waals surface area contributed by atoms with Gasteiger partial charge in [0.1, 0.15) is 0 Å². The van der Waals surface area contributed by atoms with E-state index in [-0.39, 0.29) is 30.5 Å². The molecule has 0 aliphatic carbocycles. The second-order valence-electron chi connectivity index (χ2n) is 4.99. The summed E-state index contributed by atoms with van der Waals surface area (Å²) < 4.78 is 70.0. The average molecular weight is 386 g/mol.